The van der Waals surface area contributed by atoms with Crippen molar-refractivity contribution in [2.45, 2.75) is 19.9 Å². The highest BCUT2D eigenvalue weighted by Crippen LogP contribution is 2.34. The van der Waals surface area contributed by atoms with E-state index in [1.165, 1.54) is 0 Å². The van der Waals surface area contributed by atoms with Crippen LogP contribution in [-0.2, 0) is 0 Å². The maximum Gasteiger partial charge on any atom is 0.253 e. The van der Waals surface area contributed by atoms with Crippen LogP contribution < -0.4 is 19.7 Å². The van der Waals surface area contributed by atoms with Gasteiger partial charge in [-0.05, 0) is 35.7 Å². The van der Waals surface area contributed by atoms with Crippen molar-refractivity contribution in [1.82, 2.24) is 10.3 Å². The number of hydrogen-bond acceptors (Lipinski definition) is 5. The zero-order valence-electron chi connectivity index (χ0n) is 15.7. The van der Waals surface area contributed by atoms with Gasteiger partial charge in [-0.15, -0.1) is 0 Å². The highest BCUT2D eigenvalue weighted by Gasteiger charge is 2.22. The Balaban J connectivity index is 1.79. The lowest BCUT2D eigenvalue weighted by Gasteiger charge is -2.25. The van der Waals surface area contributed by atoms with E-state index in [1.54, 1.807) is 12.3 Å². The molecule has 2 aromatic rings. The van der Waals surface area contributed by atoms with Crippen molar-refractivity contribution in [2.24, 2.45) is 5.92 Å². The Hall–Kier alpha value is -2.76. The number of nitrogens with zero attached hydrogens (tertiary/aromatic N) is 2. The van der Waals surface area contributed by atoms with Gasteiger partial charge in [0.2, 0.25) is 0 Å². The van der Waals surface area contributed by atoms with Crippen molar-refractivity contribution in [1.29, 1.82) is 0 Å². The number of nitrogens with one attached hydrogen (secondary N) is 1. The molecule has 1 N–H and O–H groups in total. The lowest BCUT2D eigenvalue weighted by molar-refractivity contribution is 0.0925. The maximum absolute atomic E-state index is 12.7. The Morgan fingerprint density at radius 3 is 2.46 bits per heavy atom. The van der Waals surface area contributed by atoms with E-state index in [-0.39, 0.29) is 17.9 Å². The third-order valence-electron chi connectivity index (χ3n) is 4.35. The first kappa shape index (κ1) is 18.0. The molecule has 0 bridgehead atoms. The smallest absolute Gasteiger partial charge is 0.253 e. The number of carbonyl (C=O) groups excluding carboxylic acids is 1. The fraction of sp³-hybridized carbons (Fsp3) is 0.400. The van der Waals surface area contributed by atoms with Crippen LogP contribution >= 0.6 is 0 Å². The van der Waals surface area contributed by atoms with Gasteiger partial charge in [0.1, 0.15) is 19.0 Å². The summed E-state index contributed by atoms with van der Waals surface area (Å²) < 4.78 is 11.2. The number of rotatable bonds is 5. The number of fused-ring (bicyclic) bond motifs is 1. The molecule has 1 aromatic heterocycles. The van der Waals surface area contributed by atoms with Crippen LogP contribution in [0.1, 0.15) is 35.8 Å². The van der Waals surface area contributed by atoms with Crippen LogP contribution in [0.5, 0.6) is 11.5 Å². The minimum absolute atomic E-state index is 0.133. The van der Waals surface area contributed by atoms with E-state index in [2.05, 4.69) is 24.1 Å². The molecule has 0 fully saturated rings. The monoisotopic (exact) mass is 355 g/mol. The van der Waals surface area contributed by atoms with Gasteiger partial charge in [-0.25, -0.2) is 4.98 Å². The molecule has 2 heterocycles. The molecular weight excluding hydrogens is 330 g/mol. The zero-order chi connectivity index (χ0) is 18.7. The van der Waals surface area contributed by atoms with Crippen LogP contribution in [0.3, 0.4) is 0 Å². The Morgan fingerprint density at radius 1 is 1.12 bits per heavy atom. The van der Waals surface area contributed by atoms with Gasteiger partial charge in [0.25, 0.3) is 5.91 Å². The van der Waals surface area contributed by atoms with E-state index >= 15 is 0 Å². The van der Waals surface area contributed by atoms with Crippen molar-refractivity contribution >= 4 is 11.7 Å². The molecule has 138 valence electrons. The molecule has 0 saturated heterocycles. The summed E-state index contributed by atoms with van der Waals surface area (Å²) in [4.78, 5) is 18.9. The topological polar surface area (TPSA) is 63.7 Å². The summed E-state index contributed by atoms with van der Waals surface area (Å²) in [5.74, 6) is 2.36. The minimum atomic E-state index is -0.142. The van der Waals surface area contributed by atoms with Gasteiger partial charge in [0.15, 0.2) is 11.5 Å². The Kier molecular flexibility index (Phi) is 5.30. The number of anilines is 1. The largest absolute Gasteiger partial charge is 0.486 e. The molecule has 6 nitrogen and oxygen atoms in total. The van der Waals surface area contributed by atoms with E-state index in [0.29, 0.717) is 18.8 Å². The highest BCUT2D eigenvalue weighted by atomic mass is 16.6. The fourth-order valence-corrected chi connectivity index (χ4v) is 2.90. The van der Waals surface area contributed by atoms with Gasteiger partial charge in [-0.2, -0.15) is 0 Å². The standard InChI is InChI=1S/C20H25N3O3/c1-13(2)19(14-5-7-16-17(11-14)26-10-9-25-16)22-20(24)15-6-8-18(21-12-15)23(3)4/h5-8,11-13,19H,9-10H2,1-4H3,(H,22,24). The summed E-state index contributed by atoms with van der Waals surface area (Å²) >= 11 is 0. The van der Waals surface area contributed by atoms with E-state index in [0.717, 1.165) is 22.9 Å². The van der Waals surface area contributed by atoms with E-state index in [4.69, 9.17) is 9.47 Å². The third kappa shape index (κ3) is 3.90. The van der Waals surface area contributed by atoms with Crippen molar-refractivity contribution in [3.8, 4) is 11.5 Å². The first-order chi connectivity index (χ1) is 12.5. The molecule has 1 amide bonds. The third-order valence-corrected chi connectivity index (χ3v) is 4.35. The number of pyridine rings is 1. The number of amides is 1. The average molecular weight is 355 g/mol. The van der Waals surface area contributed by atoms with Crippen LogP contribution in [0.2, 0.25) is 0 Å². The van der Waals surface area contributed by atoms with Gasteiger partial charge in [0.05, 0.1) is 11.6 Å². The van der Waals surface area contributed by atoms with Crippen LogP contribution in [0.25, 0.3) is 0 Å². The molecule has 1 aromatic carbocycles. The zero-order valence-corrected chi connectivity index (χ0v) is 15.7. The van der Waals surface area contributed by atoms with E-state index in [1.807, 2.05) is 43.3 Å². The summed E-state index contributed by atoms with van der Waals surface area (Å²) in [5.41, 5.74) is 1.54. The maximum atomic E-state index is 12.7. The first-order valence-electron chi connectivity index (χ1n) is 8.79. The molecule has 0 radical (unpaired) electrons. The summed E-state index contributed by atoms with van der Waals surface area (Å²) in [6.45, 7) is 5.26. The SMILES string of the molecule is CC(C)C(NC(=O)c1ccc(N(C)C)nc1)c1ccc2c(c1)OCCO2. The second kappa shape index (κ2) is 7.64. The van der Waals surface area contributed by atoms with Gasteiger partial charge in [-0.3, -0.25) is 4.79 Å². The van der Waals surface area contributed by atoms with Gasteiger partial charge in [-0.1, -0.05) is 19.9 Å². The molecule has 26 heavy (non-hydrogen) atoms. The quantitative estimate of drug-likeness (QED) is 0.893. The van der Waals surface area contributed by atoms with Gasteiger partial charge in [0, 0.05) is 20.3 Å². The summed E-state index contributed by atoms with van der Waals surface area (Å²) in [6, 6.07) is 9.33. The predicted octanol–water partition coefficient (Wildman–Crippen LogP) is 3.05. The molecule has 1 unspecified atom stereocenters. The average Bonchev–Trinajstić information content (AvgIpc) is 2.65. The molecule has 0 saturated carbocycles. The van der Waals surface area contributed by atoms with Crippen molar-refractivity contribution in [3.63, 3.8) is 0 Å². The van der Waals surface area contributed by atoms with E-state index < -0.39 is 0 Å². The lowest BCUT2D eigenvalue weighted by Crippen LogP contribution is -2.32. The summed E-state index contributed by atoms with van der Waals surface area (Å²) in [7, 11) is 3.83. The van der Waals surface area contributed by atoms with Crippen LogP contribution in [0, 0.1) is 5.92 Å². The normalized spacial score (nSPS) is 14.0. The van der Waals surface area contributed by atoms with Gasteiger partial charge >= 0.3 is 0 Å². The molecule has 0 spiro atoms. The first-order valence-corrected chi connectivity index (χ1v) is 8.79. The summed E-state index contributed by atoms with van der Waals surface area (Å²) in [6.07, 6.45) is 1.60. The van der Waals surface area contributed by atoms with Gasteiger partial charge < -0.3 is 19.7 Å². The summed E-state index contributed by atoms with van der Waals surface area (Å²) in [5, 5.41) is 3.12. The molecule has 3 rings (SSSR count). The molecule has 1 aliphatic rings. The molecule has 0 aliphatic carbocycles. The highest BCUT2D eigenvalue weighted by molar-refractivity contribution is 5.94. The number of aromatic nitrogens is 1. The minimum Gasteiger partial charge on any atom is -0.486 e. The van der Waals surface area contributed by atoms with Crippen LogP contribution in [0.15, 0.2) is 36.5 Å². The van der Waals surface area contributed by atoms with Crippen molar-refractivity contribution in [3.05, 3.63) is 47.7 Å². The van der Waals surface area contributed by atoms with Crippen LogP contribution in [0.4, 0.5) is 5.82 Å². The molecular formula is C20H25N3O3. The lowest BCUT2D eigenvalue weighted by atomic mass is 9.95. The van der Waals surface area contributed by atoms with Crippen LogP contribution in [-0.4, -0.2) is 38.2 Å². The van der Waals surface area contributed by atoms with Crippen molar-refractivity contribution in [2.75, 3.05) is 32.2 Å². The molecule has 1 aliphatic heterocycles. The number of hydrogen-bond donors (Lipinski definition) is 1. The second-order valence-electron chi connectivity index (χ2n) is 6.90. The number of benzene rings is 1. The van der Waals surface area contributed by atoms with E-state index in [9.17, 15) is 4.79 Å². The Labute approximate surface area is 154 Å². The Morgan fingerprint density at radius 2 is 1.85 bits per heavy atom. The molecule has 1 atom stereocenters. The van der Waals surface area contributed by atoms with Crippen molar-refractivity contribution < 1.29 is 14.3 Å². The molecule has 6 heteroatoms. The fourth-order valence-electron chi connectivity index (χ4n) is 2.90. The predicted molar refractivity (Wildman–Crippen MR) is 101 cm³/mol. The Bertz CT molecular complexity index is 772. The number of carbonyl (C=O) groups is 1. The number of ether oxygens (including phenoxy) is 2. The second-order valence-corrected chi connectivity index (χ2v) is 6.90.